The molecule has 136 valence electrons. The fraction of sp³-hybridized carbons (Fsp3) is 0.304. The van der Waals surface area contributed by atoms with Gasteiger partial charge in [-0.3, -0.25) is 0 Å². The molecule has 3 heteroatoms. The van der Waals surface area contributed by atoms with Crippen LogP contribution in [0.1, 0.15) is 33.3 Å². The first-order chi connectivity index (χ1) is 12.5. The molecule has 1 aromatic heterocycles. The third-order valence-corrected chi connectivity index (χ3v) is 11.4. The van der Waals surface area contributed by atoms with Crippen molar-refractivity contribution >= 4 is 24.8 Å². The molecule has 0 fully saturated rings. The molecule has 0 spiro atoms. The van der Waals surface area contributed by atoms with Gasteiger partial charge in [0.2, 0.25) is 8.32 Å². The average Bonchev–Trinajstić information content (AvgIpc) is 3.18. The van der Waals surface area contributed by atoms with E-state index in [1.54, 1.807) is 11.3 Å². The van der Waals surface area contributed by atoms with Gasteiger partial charge in [-0.2, -0.15) is 0 Å². The van der Waals surface area contributed by atoms with Gasteiger partial charge in [0.05, 0.1) is 6.61 Å². The van der Waals surface area contributed by atoms with Gasteiger partial charge < -0.3 is 4.43 Å². The lowest BCUT2D eigenvalue weighted by Crippen LogP contribution is -2.55. The lowest BCUT2D eigenvalue weighted by molar-refractivity contribution is 0.283. The van der Waals surface area contributed by atoms with E-state index in [9.17, 15) is 0 Å². The van der Waals surface area contributed by atoms with Gasteiger partial charge in [-0.15, -0.1) is 11.3 Å². The van der Waals surface area contributed by atoms with Crippen molar-refractivity contribution in [2.45, 2.75) is 45.4 Å². The second-order valence-electron chi connectivity index (χ2n) is 7.43. The van der Waals surface area contributed by atoms with Gasteiger partial charge in [-0.1, -0.05) is 88.4 Å². The number of benzene rings is 2. The summed E-state index contributed by atoms with van der Waals surface area (Å²) in [6.07, 6.45) is 0. The highest BCUT2D eigenvalue weighted by molar-refractivity contribution is 7.13. The van der Waals surface area contributed by atoms with Gasteiger partial charge in [-0.25, -0.2) is 0 Å². The lowest BCUT2D eigenvalue weighted by atomic mass is 10.2. The standard InChI is InChI=1S/C23H28OSSi/c1-18(2)26(19(3)4,24-17-20-9-6-5-7-10-20)22-14-12-21(13-15-22)23-11-8-16-25-23/h5-16,18-19H,17H2,1-4H3. The van der Waals surface area contributed by atoms with E-state index in [0.717, 1.165) is 0 Å². The monoisotopic (exact) mass is 380 g/mol. The summed E-state index contributed by atoms with van der Waals surface area (Å²) >= 11 is 1.79. The van der Waals surface area contributed by atoms with Crippen molar-refractivity contribution in [2.75, 3.05) is 0 Å². The highest BCUT2D eigenvalue weighted by atomic mass is 32.1. The normalized spacial score (nSPS) is 12.1. The van der Waals surface area contributed by atoms with Gasteiger partial charge in [0.1, 0.15) is 0 Å². The van der Waals surface area contributed by atoms with E-state index >= 15 is 0 Å². The highest BCUT2D eigenvalue weighted by Crippen LogP contribution is 2.35. The maximum atomic E-state index is 6.80. The van der Waals surface area contributed by atoms with Crippen molar-refractivity contribution in [2.24, 2.45) is 0 Å². The predicted octanol–water partition coefficient (Wildman–Crippen LogP) is 6.60. The fourth-order valence-electron chi connectivity index (χ4n) is 3.86. The first-order valence-electron chi connectivity index (χ1n) is 9.36. The molecule has 0 aliphatic carbocycles. The zero-order valence-corrected chi connectivity index (χ0v) is 17.9. The summed E-state index contributed by atoms with van der Waals surface area (Å²) in [7, 11) is -2.11. The molecular weight excluding hydrogens is 352 g/mol. The molecule has 1 heterocycles. The van der Waals surface area contributed by atoms with Crippen LogP contribution in [0.3, 0.4) is 0 Å². The zero-order chi connectivity index (χ0) is 18.6. The van der Waals surface area contributed by atoms with Crippen molar-refractivity contribution in [3.05, 3.63) is 77.7 Å². The highest BCUT2D eigenvalue weighted by Gasteiger charge is 2.44. The molecule has 0 bridgehead atoms. The van der Waals surface area contributed by atoms with Crippen LogP contribution in [0.15, 0.2) is 72.1 Å². The van der Waals surface area contributed by atoms with Gasteiger partial charge in [0.15, 0.2) is 0 Å². The molecule has 3 rings (SSSR count). The van der Waals surface area contributed by atoms with E-state index < -0.39 is 8.32 Å². The first kappa shape index (κ1) is 19.1. The van der Waals surface area contributed by atoms with Crippen LogP contribution in [0.2, 0.25) is 11.1 Å². The van der Waals surface area contributed by atoms with E-state index in [0.29, 0.717) is 17.7 Å². The van der Waals surface area contributed by atoms with Crippen LogP contribution in [-0.4, -0.2) is 8.32 Å². The molecule has 0 aliphatic heterocycles. The zero-order valence-electron chi connectivity index (χ0n) is 16.1. The molecule has 26 heavy (non-hydrogen) atoms. The quantitative estimate of drug-likeness (QED) is 0.419. The SMILES string of the molecule is CC(C)[Si](OCc1ccccc1)(c1ccc(-c2cccs2)cc1)C(C)C. The molecule has 0 amide bonds. The molecule has 0 saturated carbocycles. The summed E-state index contributed by atoms with van der Waals surface area (Å²) in [5, 5.41) is 3.53. The van der Waals surface area contributed by atoms with Crippen molar-refractivity contribution < 1.29 is 4.43 Å². The third-order valence-electron chi connectivity index (χ3n) is 5.18. The van der Waals surface area contributed by atoms with Crippen LogP contribution < -0.4 is 5.19 Å². The summed E-state index contributed by atoms with van der Waals surface area (Å²) < 4.78 is 6.80. The van der Waals surface area contributed by atoms with Gasteiger partial charge in [-0.05, 0) is 38.8 Å². The Morgan fingerprint density at radius 1 is 0.808 bits per heavy atom. The van der Waals surface area contributed by atoms with Crippen LogP contribution in [-0.2, 0) is 11.0 Å². The molecule has 3 aromatic rings. The number of hydrogen-bond donors (Lipinski definition) is 0. The minimum atomic E-state index is -2.11. The summed E-state index contributed by atoms with van der Waals surface area (Å²) in [6, 6.07) is 24.0. The molecule has 0 atom stereocenters. The van der Waals surface area contributed by atoms with Gasteiger partial charge in [0.25, 0.3) is 0 Å². The van der Waals surface area contributed by atoms with Crippen molar-refractivity contribution in [3.8, 4) is 10.4 Å². The van der Waals surface area contributed by atoms with Crippen LogP contribution >= 0.6 is 11.3 Å². The van der Waals surface area contributed by atoms with Crippen molar-refractivity contribution in [3.63, 3.8) is 0 Å². The summed E-state index contributed by atoms with van der Waals surface area (Å²) in [4.78, 5) is 1.32. The van der Waals surface area contributed by atoms with Gasteiger partial charge >= 0.3 is 0 Å². The van der Waals surface area contributed by atoms with E-state index in [4.69, 9.17) is 4.43 Å². The second kappa shape index (κ2) is 8.34. The molecule has 0 aliphatic rings. The fourth-order valence-corrected chi connectivity index (χ4v) is 9.19. The largest absolute Gasteiger partial charge is 0.408 e. The lowest BCUT2D eigenvalue weighted by Gasteiger charge is -2.39. The Morgan fingerprint density at radius 2 is 1.46 bits per heavy atom. The maximum absolute atomic E-state index is 6.80. The maximum Gasteiger partial charge on any atom is 0.229 e. The Kier molecular flexibility index (Phi) is 6.12. The predicted molar refractivity (Wildman–Crippen MR) is 117 cm³/mol. The van der Waals surface area contributed by atoms with Crippen molar-refractivity contribution in [1.29, 1.82) is 0 Å². The van der Waals surface area contributed by atoms with E-state index in [1.165, 1.54) is 21.2 Å². The molecule has 0 N–H and O–H groups in total. The van der Waals surface area contributed by atoms with Crippen LogP contribution in [0.5, 0.6) is 0 Å². The molecule has 1 nitrogen and oxygen atoms in total. The number of rotatable bonds is 7. The minimum absolute atomic E-state index is 0.513. The molecule has 0 saturated heterocycles. The number of thiophene rings is 1. The second-order valence-corrected chi connectivity index (χ2v) is 13.1. The Labute approximate surface area is 162 Å². The van der Waals surface area contributed by atoms with Crippen LogP contribution in [0.25, 0.3) is 10.4 Å². The van der Waals surface area contributed by atoms with Crippen LogP contribution in [0.4, 0.5) is 0 Å². The van der Waals surface area contributed by atoms with E-state index in [2.05, 4.69) is 99.8 Å². The Balaban J connectivity index is 1.92. The van der Waals surface area contributed by atoms with E-state index in [-0.39, 0.29) is 0 Å². The average molecular weight is 381 g/mol. The Bertz CT molecular complexity index is 784. The molecule has 0 radical (unpaired) electrons. The molecular formula is C23H28OSSi. The third kappa shape index (κ3) is 3.85. The van der Waals surface area contributed by atoms with Gasteiger partial charge in [0, 0.05) is 4.88 Å². The topological polar surface area (TPSA) is 9.23 Å². The molecule has 0 unspecified atom stereocenters. The Hall–Kier alpha value is -1.68. The first-order valence-corrected chi connectivity index (χ1v) is 12.3. The van der Waals surface area contributed by atoms with E-state index in [1.807, 2.05) is 0 Å². The summed E-state index contributed by atoms with van der Waals surface area (Å²) in [5.74, 6) is 0. The van der Waals surface area contributed by atoms with Crippen molar-refractivity contribution in [1.82, 2.24) is 0 Å². The number of hydrogen-bond acceptors (Lipinski definition) is 2. The molecule has 2 aromatic carbocycles. The smallest absolute Gasteiger partial charge is 0.229 e. The Morgan fingerprint density at radius 3 is 2.00 bits per heavy atom. The minimum Gasteiger partial charge on any atom is -0.408 e. The summed E-state index contributed by atoms with van der Waals surface area (Å²) in [5.41, 5.74) is 3.57. The van der Waals surface area contributed by atoms with Crippen LogP contribution in [0, 0.1) is 0 Å². The summed E-state index contributed by atoms with van der Waals surface area (Å²) in [6.45, 7) is 9.99.